The molecule has 0 aromatic rings. The molecule has 0 fully saturated rings. The molecule has 0 aliphatic heterocycles. The van der Waals surface area contributed by atoms with Gasteiger partial charge in [-0.25, -0.2) is 0 Å². The average Bonchev–Trinajstić information content (AvgIpc) is 2.35. The number of carboxylic acid groups (broad SMARTS) is 1. The lowest BCUT2D eigenvalue weighted by molar-refractivity contribution is -0.145. The lowest BCUT2D eigenvalue weighted by atomic mass is 10.0. The standard InChI is InChI=1S/C15H30O7/c1-14(2,7-10-20-8-5-12(16)17)22-11-15(3,4)21-9-6-13(18)19/h12,16-17H,5-11H2,1-4H3,(H,18,19). The summed E-state index contributed by atoms with van der Waals surface area (Å²) in [6, 6.07) is 0. The molecule has 0 aromatic carbocycles. The molecule has 7 heteroatoms. The largest absolute Gasteiger partial charge is 0.481 e. The number of carbonyl (C=O) groups is 1. The van der Waals surface area contributed by atoms with Gasteiger partial charge in [0.2, 0.25) is 0 Å². The van der Waals surface area contributed by atoms with Crippen LogP contribution in [0.4, 0.5) is 0 Å². The van der Waals surface area contributed by atoms with Crippen molar-refractivity contribution < 1.29 is 34.3 Å². The summed E-state index contributed by atoms with van der Waals surface area (Å²) < 4.78 is 16.6. The SMILES string of the molecule is CC(C)(CCOCCC(O)O)OCC(C)(C)OCCC(=O)O. The Morgan fingerprint density at radius 2 is 1.64 bits per heavy atom. The molecule has 22 heavy (non-hydrogen) atoms. The number of rotatable bonds is 13. The van der Waals surface area contributed by atoms with E-state index in [9.17, 15) is 4.79 Å². The van der Waals surface area contributed by atoms with Crippen molar-refractivity contribution in [3.8, 4) is 0 Å². The first-order valence-electron chi connectivity index (χ1n) is 7.48. The second kappa shape index (κ2) is 10.1. The van der Waals surface area contributed by atoms with Gasteiger partial charge in [-0.2, -0.15) is 0 Å². The summed E-state index contributed by atoms with van der Waals surface area (Å²) >= 11 is 0. The third kappa shape index (κ3) is 13.0. The van der Waals surface area contributed by atoms with Crippen LogP contribution in [0.25, 0.3) is 0 Å². The minimum atomic E-state index is -1.34. The Morgan fingerprint density at radius 1 is 1.00 bits per heavy atom. The molecule has 7 nitrogen and oxygen atoms in total. The Bertz CT molecular complexity index is 313. The summed E-state index contributed by atoms with van der Waals surface area (Å²) in [4.78, 5) is 10.5. The zero-order chi connectivity index (χ0) is 17.2. The van der Waals surface area contributed by atoms with E-state index in [4.69, 9.17) is 29.5 Å². The number of aliphatic carboxylic acids is 1. The van der Waals surface area contributed by atoms with Crippen LogP contribution in [-0.4, -0.2) is 65.2 Å². The highest BCUT2D eigenvalue weighted by atomic mass is 16.6. The van der Waals surface area contributed by atoms with Crippen LogP contribution in [0.2, 0.25) is 0 Å². The van der Waals surface area contributed by atoms with Gasteiger partial charge in [0.15, 0.2) is 6.29 Å². The lowest BCUT2D eigenvalue weighted by Gasteiger charge is -2.32. The van der Waals surface area contributed by atoms with Gasteiger partial charge in [-0.3, -0.25) is 4.79 Å². The summed E-state index contributed by atoms with van der Waals surface area (Å²) in [6.45, 7) is 8.81. The maximum Gasteiger partial charge on any atom is 0.305 e. The number of hydrogen-bond acceptors (Lipinski definition) is 6. The van der Waals surface area contributed by atoms with E-state index in [1.54, 1.807) is 0 Å². The first-order valence-corrected chi connectivity index (χ1v) is 7.48. The van der Waals surface area contributed by atoms with Crippen LogP contribution in [0, 0.1) is 0 Å². The van der Waals surface area contributed by atoms with Crippen molar-refractivity contribution in [2.24, 2.45) is 0 Å². The molecule has 0 spiro atoms. The normalized spacial score (nSPS) is 12.9. The molecule has 0 radical (unpaired) electrons. The average molecular weight is 322 g/mol. The van der Waals surface area contributed by atoms with Gasteiger partial charge in [0, 0.05) is 13.0 Å². The number of carboxylic acids is 1. The predicted octanol–water partition coefficient (Wildman–Crippen LogP) is 1.16. The summed E-state index contributed by atoms with van der Waals surface area (Å²) in [5.74, 6) is -0.887. The minimum Gasteiger partial charge on any atom is -0.481 e. The molecule has 0 atom stereocenters. The van der Waals surface area contributed by atoms with Crippen LogP contribution in [0.1, 0.15) is 47.0 Å². The molecule has 0 bridgehead atoms. The Morgan fingerprint density at radius 3 is 2.18 bits per heavy atom. The molecular weight excluding hydrogens is 292 g/mol. The van der Waals surface area contributed by atoms with Gasteiger partial charge < -0.3 is 29.5 Å². The second-order valence-electron chi connectivity index (χ2n) is 6.43. The van der Waals surface area contributed by atoms with E-state index in [0.29, 0.717) is 19.6 Å². The van der Waals surface area contributed by atoms with E-state index < -0.39 is 23.5 Å². The number of aliphatic hydroxyl groups is 2. The highest BCUT2D eigenvalue weighted by molar-refractivity contribution is 5.66. The Hall–Kier alpha value is -0.730. The molecular formula is C15H30O7. The molecule has 3 N–H and O–H groups in total. The van der Waals surface area contributed by atoms with E-state index in [1.165, 1.54) is 0 Å². The van der Waals surface area contributed by atoms with Crippen LogP contribution in [0.15, 0.2) is 0 Å². The van der Waals surface area contributed by atoms with Crippen molar-refractivity contribution in [2.45, 2.75) is 64.4 Å². The van der Waals surface area contributed by atoms with Gasteiger partial charge in [0.05, 0.1) is 37.4 Å². The number of aliphatic hydroxyl groups excluding tert-OH is 1. The first-order chi connectivity index (χ1) is 10.0. The van der Waals surface area contributed by atoms with Crippen molar-refractivity contribution in [3.05, 3.63) is 0 Å². The highest BCUT2D eigenvalue weighted by Crippen LogP contribution is 2.19. The molecule has 0 rings (SSSR count). The lowest BCUT2D eigenvalue weighted by Crippen LogP contribution is -2.37. The maximum absolute atomic E-state index is 10.5. The molecule has 0 aliphatic rings. The zero-order valence-electron chi connectivity index (χ0n) is 14.0. The summed E-state index contributed by atoms with van der Waals surface area (Å²) in [5, 5.41) is 26.0. The van der Waals surface area contributed by atoms with Crippen molar-refractivity contribution in [1.29, 1.82) is 0 Å². The van der Waals surface area contributed by atoms with Crippen molar-refractivity contribution in [3.63, 3.8) is 0 Å². The Balaban J connectivity index is 3.90. The molecule has 0 unspecified atom stereocenters. The van der Waals surface area contributed by atoms with Crippen LogP contribution < -0.4 is 0 Å². The van der Waals surface area contributed by atoms with Crippen molar-refractivity contribution in [2.75, 3.05) is 26.4 Å². The monoisotopic (exact) mass is 322 g/mol. The van der Waals surface area contributed by atoms with E-state index in [2.05, 4.69) is 0 Å². The number of ether oxygens (including phenoxy) is 3. The van der Waals surface area contributed by atoms with E-state index >= 15 is 0 Å². The fourth-order valence-electron chi connectivity index (χ4n) is 1.51. The Labute approximate surface area is 132 Å². The molecule has 0 aliphatic carbocycles. The quantitative estimate of drug-likeness (QED) is 0.345. The second-order valence-corrected chi connectivity index (χ2v) is 6.43. The van der Waals surface area contributed by atoms with E-state index in [0.717, 1.165) is 0 Å². The van der Waals surface area contributed by atoms with Crippen molar-refractivity contribution >= 4 is 5.97 Å². The third-order valence-electron chi connectivity index (χ3n) is 2.99. The Kier molecular flexibility index (Phi) is 9.79. The zero-order valence-corrected chi connectivity index (χ0v) is 14.0. The molecule has 132 valence electrons. The van der Waals surface area contributed by atoms with Gasteiger partial charge in [-0.05, 0) is 34.1 Å². The van der Waals surface area contributed by atoms with E-state index in [-0.39, 0.29) is 26.1 Å². The predicted molar refractivity (Wildman–Crippen MR) is 80.6 cm³/mol. The molecule has 0 heterocycles. The molecule has 0 amide bonds. The van der Waals surface area contributed by atoms with Crippen molar-refractivity contribution in [1.82, 2.24) is 0 Å². The topological polar surface area (TPSA) is 105 Å². The van der Waals surface area contributed by atoms with Crippen LogP contribution in [0.5, 0.6) is 0 Å². The fourth-order valence-corrected chi connectivity index (χ4v) is 1.51. The van der Waals surface area contributed by atoms with Gasteiger partial charge in [0.1, 0.15) is 0 Å². The summed E-state index contributed by atoms with van der Waals surface area (Å²) in [6.07, 6.45) is -0.531. The fraction of sp³-hybridized carbons (Fsp3) is 0.933. The van der Waals surface area contributed by atoms with Gasteiger partial charge >= 0.3 is 5.97 Å². The summed E-state index contributed by atoms with van der Waals surface area (Å²) in [7, 11) is 0. The first kappa shape index (κ1) is 21.3. The van der Waals surface area contributed by atoms with Crippen LogP contribution in [0.3, 0.4) is 0 Å². The van der Waals surface area contributed by atoms with Gasteiger partial charge in [-0.1, -0.05) is 0 Å². The van der Waals surface area contributed by atoms with Crippen LogP contribution >= 0.6 is 0 Å². The third-order valence-corrected chi connectivity index (χ3v) is 2.99. The molecule has 0 saturated carbocycles. The molecule has 0 aromatic heterocycles. The van der Waals surface area contributed by atoms with Gasteiger partial charge in [0.25, 0.3) is 0 Å². The molecule has 0 saturated heterocycles. The van der Waals surface area contributed by atoms with E-state index in [1.807, 2.05) is 27.7 Å². The summed E-state index contributed by atoms with van der Waals surface area (Å²) in [5.41, 5.74) is -0.972. The highest BCUT2D eigenvalue weighted by Gasteiger charge is 2.25. The smallest absolute Gasteiger partial charge is 0.305 e. The van der Waals surface area contributed by atoms with Gasteiger partial charge in [-0.15, -0.1) is 0 Å². The minimum absolute atomic E-state index is 0.0304. The maximum atomic E-state index is 10.5. The van der Waals surface area contributed by atoms with Crippen LogP contribution in [-0.2, 0) is 19.0 Å². The number of hydrogen-bond donors (Lipinski definition) is 3.